The van der Waals surface area contributed by atoms with Crippen LogP contribution < -0.4 is 10.1 Å². The van der Waals surface area contributed by atoms with Crippen LogP contribution in [0.1, 0.15) is 18.0 Å². The van der Waals surface area contributed by atoms with E-state index < -0.39 is 0 Å². The highest BCUT2D eigenvalue weighted by Gasteiger charge is 2.21. The maximum absolute atomic E-state index is 6.16. The molecule has 1 aromatic heterocycles. The fraction of sp³-hybridized carbons (Fsp3) is 0.300. The van der Waals surface area contributed by atoms with Crippen molar-refractivity contribution in [1.29, 1.82) is 0 Å². The van der Waals surface area contributed by atoms with Crippen molar-refractivity contribution in [3.8, 4) is 5.75 Å². The third-order valence-corrected chi connectivity index (χ3v) is 5.04. The monoisotopic (exact) mass is 340 g/mol. The van der Waals surface area contributed by atoms with Gasteiger partial charge < -0.3 is 14.6 Å². The van der Waals surface area contributed by atoms with Gasteiger partial charge in [-0.25, -0.2) is 0 Å². The summed E-state index contributed by atoms with van der Waals surface area (Å²) in [6.45, 7) is 3.68. The van der Waals surface area contributed by atoms with Crippen LogP contribution in [0.3, 0.4) is 0 Å². The van der Waals surface area contributed by atoms with E-state index in [1.165, 1.54) is 16.6 Å². The Morgan fingerprint density at radius 1 is 1.12 bits per heavy atom. The molecular weight excluding hydrogens is 320 g/mol. The molecule has 0 radical (unpaired) electrons. The standard InChI is InChI=1S/C20H21ClN2O/c21-17-6-2-4-8-20(17)24-12-9-16-14-22-10-11-23-18-7-3-1-5-15(18)13-19(16)23/h1-8,13,16,22H,9-12,14H2. The van der Waals surface area contributed by atoms with Crippen LogP contribution in [0.4, 0.5) is 0 Å². The molecular formula is C20H21ClN2O. The van der Waals surface area contributed by atoms with Crippen molar-refractivity contribution in [2.24, 2.45) is 0 Å². The number of hydrogen-bond donors (Lipinski definition) is 1. The van der Waals surface area contributed by atoms with Gasteiger partial charge in [-0.15, -0.1) is 0 Å². The molecule has 24 heavy (non-hydrogen) atoms. The average Bonchev–Trinajstić information content (AvgIpc) is 2.86. The normalized spacial score (nSPS) is 17.5. The summed E-state index contributed by atoms with van der Waals surface area (Å²) in [7, 11) is 0. The molecule has 0 saturated carbocycles. The molecule has 2 aromatic carbocycles. The minimum absolute atomic E-state index is 0.447. The number of hydrogen-bond acceptors (Lipinski definition) is 2. The molecule has 0 saturated heterocycles. The van der Waals surface area contributed by atoms with Crippen molar-refractivity contribution in [2.45, 2.75) is 18.9 Å². The lowest BCUT2D eigenvalue weighted by Crippen LogP contribution is -2.21. The van der Waals surface area contributed by atoms with Gasteiger partial charge in [0.1, 0.15) is 5.75 Å². The zero-order chi connectivity index (χ0) is 16.4. The molecule has 1 atom stereocenters. The van der Waals surface area contributed by atoms with Crippen molar-refractivity contribution < 1.29 is 4.74 Å². The Morgan fingerprint density at radius 2 is 1.96 bits per heavy atom. The highest BCUT2D eigenvalue weighted by molar-refractivity contribution is 6.32. The maximum Gasteiger partial charge on any atom is 0.137 e. The molecule has 0 spiro atoms. The number of nitrogens with one attached hydrogen (secondary N) is 1. The first-order chi connectivity index (χ1) is 11.8. The second-order valence-corrected chi connectivity index (χ2v) is 6.66. The summed E-state index contributed by atoms with van der Waals surface area (Å²) in [5, 5.41) is 5.55. The highest BCUT2D eigenvalue weighted by atomic mass is 35.5. The SMILES string of the molecule is Clc1ccccc1OCCC1CNCCn2c1cc1ccccc12. The lowest BCUT2D eigenvalue weighted by Gasteiger charge is -2.17. The number of halogens is 1. The molecule has 0 fully saturated rings. The van der Waals surface area contributed by atoms with Crippen molar-refractivity contribution in [1.82, 2.24) is 9.88 Å². The predicted molar refractivity (Wildman–Crippen MR) is 99.1 cm³/mol. The van der Waals surface area contributed by atoms with E-state index in [-0.39, 0.29) is 0 Å². The lowest BCUT2D eigenvalue weighted by molar-refractivity contribution is 0.295. The summed E-state index contributed by atoms with van der Waals surface area (Å²) in [5.41, 5.74) is 2.73. The third kappa shape index (κ3) is 3.02. The van der Waals surface area contributed by atoms with Gasteiger partial charge >= 0.3 is 0 Å². The molecule has 2 heterocycles. The van der Waals surface area contributed by atoms with Crippen LogP contribution >= 0.6 is 11.6 Å². The van der Waals surface area contributed by atoms with E-state index in [1.807, 2.05) is 24.3 Å². The fourth-order valence-electron chi connectivity index (χ4n) is 3.51. The molecule has 0 bridgehead atoms. The zero-order valence-corrected chi connectivity index (χ0v) is 14.3. The number of rotatable bonds is 4. The molecule has 1 N–H and O–H groups in total. The molecule has 1 aliphatic heterocycles. The number of para-hydroxylation sites is 2. The van der Waals surface area contributed by atoms with E-state index in [0.29, 0.717) is 17.5 Å². The summed E-state index contributed by atoms with van der Waals surface area (Å²) in [4.78, 5) is 0. The first kappa shape index (κ1) is 15.6. The van der Waals surface area contributed by atoms with E-state index in [2.05, 4.69) is 40.2 Å². The first-order valence-electron chi connectivity index (χ1n) is 8.49. The predicted octanol–water partition coefficient (Wildman–Crippen LogP) is 4.45. The summed E-state index contributed by atoms with van der Waals surface area (Å²) >= 11 is 6.16. The van der Waals surface area contributed by atoms with Crippen LogP contribution in [0, 0.1) is 0 Å². The van der Waals surface area contributed by atoms with Crippen LogP contribution in [0.2, 0.25) is 5.02 Å². The lowest BCUT2D eigenvalue weighted by atomic mass is 10.0. The quantitative estimate of drug-likeness (QED) is 0.759. The Hall–Kier alpha value is -1.97. The van der Waals surface area contributed by atoms with E-state index in [0.717, 1.165) is 31.8 Å². The van der Waals surface area contributed by atoms with Crippen LogP contribution in [0.15, 0.2) is 54.6 Å². The van der Waals surface area contributed by atoms with Crippen molar-refractivity contribution in [3.63, 3.8) is 0 Å². The Bertz CT molecular complexity index is 843. The summed E-state index contributed by atoms with van der Waals surface area (Å²) in [6, 6.07) is 18.6. The second kappa shape index (κ2) is 6.88. The molecule has 124 valence electrons. The third-order valence-electron chi connectivity index (χ3n) is 4.72. The highest BCUT2D eigenvalue weighted by Crippen LogP contribution is 2.29. The van der Waals surface area contributed by atoms with E-state index in [9.17, 15) is 0 Å². The van der Waals surface area contributed by atoms with E-state index >= 15 is 0 Å². The molecule has 4 heteroatoms. The van der Waals surface area contributed by atoms with Gasteiger partial charge in [-0.2, -0.15) is 0 Å². The Balaban J connectivity index is 1.53. The molecule has 1 unspecified atom stereocenters. The molecule has 1 aliphatic rings. The molecule has 4 rings (SSSR count). The van der Waals surface area contributed by atoms with Gasteiger partial charge in [0.2, 0.25) is 0 Å². The Kier molecular flexibility index (Phi) is 4.46. The summed E-state index contributed by atoms with van der Waals surface area (Å²) in [5.74, 6) is 1.21. The zero-order valence-electron chi connectivity index (χ0n) is 13.5. The van der Waals surface area contributed by atoms with Crippen LogP contribution in [0.25, 0.3) is 10.9 Å². The molecule has 0 aliphatic carbocycles. The van der Waals surface area contributed by atoms with Gasteiger partial charge in [-0.1, -0.05) is 41.9 Å². The average molecular weight is 341 g/mol. The van der Waals surface area contributed by atoms with E-state index in [1.54, 1.807) is 0 Å². The van der Waals surface area contributed by atoms with E-state index in [4.69, 9.17) is 16.3 Å². The van der Waals surface area contributed by atoms with Gasteiger partial charge in [0, 0.05) is 36.8 Å². The fourth-order valence-corrected chi connectivity index (χ4v) is 3.70. The minimum Gasteiger partial charge on any atom is -0.492 e. The van der Waals surface area contributed by atoms with Gasteiger partial charge in [0.25, 0.3) is 0 Å². The van der Waals surface area contributed by atoms with Crippen LogP contribution in [0.5, 0.6) is 5.75 Å². The van der Waals surface area contributed by atoms with Gasteiger partial charge in [-0.05, 0) is 36.1 Å². The van der Waals surface area contributed by atoms with Gasteiger partial charge in [-0.3, -0.25) is 0 Å². The molecule has 3 aromatic rings. The number of ether oxygens (including phenoxy) is 1. The summed E-state index contributed by atoms with van der Waals surface area (Å²) in [6.07, 6.45) is 0.967. The van der Waals surface area contributed by atoms with Crippen molar-refractivity contribution in [3.05, 3.63) is 65.3 Å². The number of aromatic nitrogens is 1. The van der Waals surface area contributed by atoms with Gasteiger partial charge in [0.15, 0.2) is 0 Å². The number of fused-ring (bicyclic) bond motifs is 3. The number of benzene rings is 2. The molecule has 3 nitrogen and oxygen atoms in total. The molecule has 0 amide bonds. The van der Waals surface area contributed by atoms with Gasteiger partial charge in [0.05, 0.1) is 11.6 Å². The maximum atomic E-state index is 6.16. The van der Waals surface area contributed by atoms with Crippen LogP contribution in [-0.2, 0) is 6.54 Å². The van der Waals surface area contributed by atoms with Crippen molar-refractivity contribution in [2.75, 3.05) is 19.7 Å². The topological polar surface area (TPSA) is 26.2 Å². The minimum atomic E-state index is 0.447. The van der Waals surface area contributed by atoms with Crippen molar-refractivity contribution >= 4 is 22.5 Å². The number of nitrogens with zero attached hydrogens (tertiary/aromatic N) is 1. The van der Waals surface area contributed by atoms with Crippen LogP contribution in [-0.4, -0.2) is 24.3 Å². The first-order valence-corrected chi connectivity index (χ1v) is 8.87. The second-order valence-electron chi connectivity index (χ2n) is 6.25. The summed E-state index contributed by atoms with van der Waals surface area (Å²) < 4.78 is 8.35. The smallest absolute Gasteiger partial charge is 0.137 e. The Labute approximate surface area is 147 Å². The Morgan fingerprint density at radius 3 is 2.88 bits per heavy atom. The largest absolute Gasteiger partial charge is 0.492 e.